The monoisotopic (exact) mass is 372 g/mol. The highest BCUT2D eigenvalue weighted by Gasteiger charge is 2.30. The van der Waals surface area contributed by atoms with Crippen molar-refractivity contribution >= 4 is 11.3 Å². The number of benzene rings is 2. The highest BCUT2D eigenvalue weighted by molar-refractivity contribution is 7.15. The molecule has 0 bridgehead atoms. The number of nitrogens with zero attached hydrogens (tertiary/aromatic N) is 2. The third kappa shape index (κ3) is 3.78. The largest absolute Gasteiger partial charge is 0.416 e. The Morgan fingerprint density at radius 1 is 1.12 bits per heavy atom. The van der Waals surface area contributed by atoms with Crippen molar-refractivity contribution < 1.29 is 13.2 Å². The van der Waals surface area contributed by atoms with Gasteiger partial charge in [0.05, 0.1) is 32.8 Å². The summed E-state index contributed by atoms with van der Waals surface area (Å²) in [6, 6.07) is 13.1. The van der Waals surface area contributed by atoms with Gasteiger partial charge in [-0.3, -0.25) is 0 Å². The van der Waals surface area contributed by atoms with Gasteiger partial charge in [0.15, 0.2) is 0 Å². The average molecular weight is 372 g/mol. The van der Waals surface area contributed by atoms with Crippen LogP contribution in [-0.4, -0.2) is 4.98 Å². The molecule has 0 atom stereocenters. The number of alkyl halides is 3. The van der Waals surface area contributed by atoms with E-state index in [1.807, 2.05) is 26.0 Å². The summed E-state index contributed by atoms with van der Waals surface area (Å²) in [5, 5.41) is 9.81. The fourth-order valence-corrected chi connectivity index (χ4v) is 3.85. The molecule has 0 radical (unpaired) electrons. The van der Waals surface area contributed by atoms with Crippen molar-refractivity contribution in [2.24, 2.45) is 0 Å². The molecule has 0 fully saturated rings. The van der Waals surface area contributed by atoms with E-state index in [-0.39, 0.29) is 0 Å². The molecule has 1 heterocycles. The second-order valence-electron chi connectivity index (χ2n) is 6.04. The van der Waals surface area contributed by atoms with Crippen LogP contribution >= 0.6 is 11.3 Å². The van der Waals surface area contributed by atoms with Gasteiger partial charge in [0.2, 0.25) is 0 Å². The summed E-state index contributed by atoms with van der Waals surface area (Å²) in [6.07, 6.45) is -4.00. The molecule has 0 saturated carbocycles. The van der Waals surface area contributed by atoms with Crippen LogP contribution in [0.1, 0.15) is 33.0 Å². The Bertz CT molecular complexity index is 997. The number of thiazole rings is 1. The molecule has 0 aliphatic rings. The normalized spacial score (nSPS) is 11.4. The van der Waals surface area contributed by atoms with Crippen LogP contribution in [0, 0.1) is 25.2 Å². The number of nitriles is 1. The van der Waals surface area contributed by atoms with Gasteiger partial charge in [-0.15, -0.1) is 11.3 Å². The molecule has 26 heavy (non-hydrogen) atoms. The van der Waals surface area contributed by atoms with E-state index in [9.17, 15) is 13.2 Å². The Hall–Kier alpha value is -2.65. The lowest BCUT2D eigenvalue weighted by molar-refractivity contribution is -0.137. The van der Waals surface area contributed by atoms with Crippen LogP contribution in [0.2, 0.25) is 0 Å². The Morgan fingerprint density at radius 2 is 1.88 bits per heavy atom. The molecule has 2 nitrogen and oxygen atoms in total. The summed E-state index contributed by atoms with van der Waals surface area (Å²) in [6.45, 7) is 3.76. The van der Waals surface area contributed by atoms with Crippen LogP contribution in [0.4, 0.5) is 13.2 Å². The Balaban J connectivity index is 1.90. The quantitative estimate of drug-likeness (QED) is 0.573. The Labute approximate surface area is 153 Å². The second kappa shape index (κ2) is 6.93. The van der Waals surface area contributed by atoms with Crippen molar-refractivity contribution in [2.75, 3.05) is 0 Å². The molecular formula is C20H15F3N2S. The van der Waals surface area contributed by atoms with Gasteiger partial charge >= 0.3 is 6.18 Å². The van der Waals surface area contributed by atoms with Gasteiger partial charge in [-0.05, 0) is 48.7 Å². The minimum atomic E-state index is -4.35. The lowest BCUT2D eigenvalue weighted by Gasteiger charge is -2.07. The molecule has 3 aromatic rings. The Kier molecular flexibility index (Phi) is 4.84. The predicted octanol–water partition coefficient (Wildman–Crippen LogP) is 5.91. The first-order chi connectivity index (χ1) is 12.3. The van der Waals surface area contributed by atoms with Crippen LogP contribution in [0.15, 0.2) is 42.5 Å². The second-order valence-corrected chi connectivity index (χ2v) is 7.12. The zero-order valence-corrected chi connectivity index (χ0v) is 15.0. The third-order valence-corrected chi connectivity index (χ3v) is 5.27. The lowest BCUT2D eigenvalue weighted by atomic mass is 10.0. The zero-order chi connectivity index (χ0) is 18.9. The van der Waals surface area contributed by atoms with Crippen molar-refractivity contribution in [3.63, 3.8) is 0 Å². The van der Waals surface area contributed by atoms with Crippen molar-refractivity contribution in [3.8, 4) is 16.5 Å². The maximum Gasteiger partial charge on any atom is 0.416 e. The molecule has 0 unspecified atom stereocenters. The van der Waals surface area contributed by atoms with Gasteiger partial charge < -0.3 is 0 Å². The first-order valence-electron chi connectivity index (χ1n) is 7.91. The van der Waals surface area contributed by atoms with Gasteiger partial charge in [-0.25, -0.2) is 4.98 Å². The third-order valence-electron chi connectivity index (χ3n) is 4.06. The van der Waals surface area contributed by atoms with Gasteiger partial charge in [0.1, 0.15) is 0 Å². The molecule has 0 aliphatic carbocycles. The van der Waals surface area contributed by atoms with Crippen LogP contribution in [0.25, 0.3) is 10.4 Å². The van der Waals surface area contributed by atoms with E-state index in [1.165, 1.54) is 23.5 Å². The highest BCUT2D eigenvalue weighted by Crippen LogP contribution is 2.33. The predicted molar refractivity (Wildman–Crippen MR) is 96.0 cm³/mol. The van der Waals surface area contributed by atoms with Gasteiger partial charge in [0, 0.05) is 6.42 Å². The summed E-state index contributed by atoms with van der Waals surface area (Å²) >= 11 is 1.47. The smallest absolute Gasteiger partial charge is 0.246 e. The summed E-state index contributed by atoms with van der Waals surface area (Å²) in [5.74, 6) is 0. The first-order valence-corrected chi connectivity index (χ1v) is 8.73. The molecule has 0 saturated heterocycles. The van der Waals surface area contributed by atoms with E-state index < -0.39 is 11.7 Å². The van der Waals surface area contributed by atoms with Gasteiger partial charge in [-0.1, -0.05) is 24.3 Å². The molecule has 0 aliphatic heterocycles. The number of halogens is 3. The molecule has 0 amide bonds. The van der Waals surface area contributed by atoms with Crippen LogP contribution in [0.5, 0.6) is 0 Å². The first kappa shape index (κ1) is 18.2. The van der Waals surface area contributed by atoms with Gasteiger partial charge in [-0.2, -0.15) is 18.4 Å². The zero-order valence-electron chi connectivity index (χ0n) is 14.2. The number of hydrogen-bond donors (Lipinski definition) is 0. The summed E-state index contributed by atoms with van der Waals surface area (Å²) in [7, 11) is 0. The highest BCUT2D eigenvalue weighted by atomic mass is 32.1. The van der Waals surface area contributed by atoms with Crippen LogP contribution < -0.4 is 0 Å². The Morgan fingerprint density at radius 3 is 2.54 bits per heavy atom. The van der Waals surface area contributed by atoms with E-state index in [2.05, 4.69) is 11.1 Å². The number of hydrogen-bond acceptors (Lipinski definition) is 3. The fourth-order valence-electron chi connectivity index (χ4n) is 2.76. The van der Waals surface area contributed by atoms with Crippen molar-refractivity contribution in [2.45, 2.75) is 26.4 Å². The van der Waals surface area contributed by atoms with E-state index >= 15 is 0 Å². The number of aryl methyl sites for hydroxylation is 2. The maximum atomic E-state index is 12.9. The van der Waals surface area contributed by atoms with E-state index in [4.69, 9.17) is 5.26 Å². The minimum absolute atomic E-state index is 0.352. The van der Waals surface area contributed by atoms with Gasteiger partial charge in [0.25, 0.3) is 0 Å². The van der Waals surface area contributed by atoms with Crippen LogP contribution in [-0.2, 0) is 12.6 Å². The number of rotatable bonds is 3. The summed E-state index contributed by atoms with van der Waals surface area (Å²) in [5.41, 5.74) is 3.24. The maximum absolute atomic E-state index is 12.9. The molecule has 3 rings (SSSR count). The molecule has 132 valence electrons. The molecule has 2 aromatic carbocycles. The SMILES string of the molecule is Cc1cc(-c2sc(Cc3cccc(C(F)(F)F)c3)nc2C)ccc1C#N. The lowest BCUT2D eigenvalue weighted by Crippen LogP contribution is -2.05. The van der Waals surface area contributed by atoms with Crippen molar-refractivity contribution in [1.82, 2.24) is 4.98 Å². The van der Waals surface area contributed by atoms with E-state index in [0.717, 1.165) is 32.8 Å². The summed E-state index contributed by atoms with van der Waals surface area (Å²) < 4.78 is 38.6. The molecule has 0 spiro atoms. The molecule has 0 N–H and O–H groups in total. The molecule has 1 aromatic heterocycles. The average Bonchev–Trinajstić information content (AvgIpc) is 2.94. The van der Waals surface area contributed by atoms with E-state index in [0.29, 0.717) is 17.5 Å². The number of aromatic nitrogens is 1. The molecule has 6 heteroatoms. The fraction of sp³-hybridized carbons (Fsp3) is 0.200. The standard InChI is InChI=1S/C20H15F3N2S/c1-12-8-15(6-7-16(12)11-24)19-13(2)25-18(26-19)10-14-4-3-5-17(9-14)20(21,22)23/h3-9H,10H2,1-2H3. The summed E-state index contributed by atoms with van der Waals surface area (Å²) in [4.78, 5) is 5.49. The topological polar surface area (TPSA) is 36.7 Å². The molecular weight excluding hydrogens is 357 g/mol. The van der Waals surface area contributed by atoms with Crippen molar-refractivity contribution in [1.29, 1.82) is 5.26 Å². The minimum Gasteiger partial charge on any atom is -0.246 e. The van der Waals surface area contributed by atoms with Crippen LogP contribution in [0.3, 0.4) is 0 Å². The van der Waals surface area contributed by atoms with Crippen molar-refractivity contribution in [3.05, 3.63) is 75.4 Å². The van der Waals surface area contributed by atoms with E-state index in [1.54, 1.807) is 12.1 Å².